The molecular formula is C21H27NO3. The fraction of sp³-hybridized carbons (Fsp3) is 0.381. The van der Waals surface area contributed by atoms with Gasteiger partial charge in [0, 0.05) is 13.0 Å². The molecule has 0 bridgehead atoms. The molecule has 2 N–H and O–H groups in total. The molecule has 4 heteroatoms. The Labute approximate surface area is 149 Å². The van der Waals surface area contributed by atoms with Crippen LogP contribution < -0.4 is 10.1 Å². The number of aliphatic hydroxyl groups is 1. The fourth-order valence-electron chi connectivity index (χ4n) is 2.99. The standard InChI is InChI=1S/C21H27NO3/c1-15(12-17-9-5-7-11-20(17)25-3)13-21(24)22-14-19(23)18-10-6-4-8-16(18)2/h4-11,15,19,23H,12-14H2,1-3H3,(H,22,24). The number of para-hydroxylation sites is 1. The molecule has 0 aliphatic carbocycles. The smallest absolute Gasteiger partial charge is 0.220 e. The van der Waals surface area contributed by atoms with Crippen LogP contribution in [0, 0.1) is 12.8 Å². The largest absolute Gasteiger partial charge is 0.496 e. The quantitative estimate of drug-likeness (QED) is 0.773. The first-order valence-corrected chi connectivity index (χ1v) is 8.63. The van der Waals surface area contributed by atoms with Gasteiger partial charge in [0.15, 0.2) is 0 Å². The number of carbonyl (C=O) groups excluding carboxylic acids is 1. The third-order valence-electron chi connectivity index (χ3n) is 4.33. The Hall–Kier alpha value is -2.33. The molecule has 0 saturated heterocycles. The van der Waals surface area contributed by atoms with E-state index in [1.54, 1.807) is 7.11 Å². The van der Waals surface area contributed by atoms with Gasteiger partial charge in [0.1, 0.15) is 5.75 Å². The van der Waals surface area contributed by atoms with Gasteiger partial charge in [-0.2, -0.15) is 0 Å². The van der Waals surface area contributed by atoms with Crippen molar-refractivity contribution in [2.75, 3.05) is 13.7 Å². The van der Waals surface area contributed by atoms with Crippen LogP contribution in [0.25, 0.3) is 0 Å². The first-order chi connectivity index (χ1) is 12.0. The van der Waals surface area contributed by atoms with E-state index in [1.165, 1.54) is 0 Å². The van der Waals surface area contributed by atoms with Gasteiger partial charge in [-0.3, -0.25) is 4.79 Å². The number of aryl methyl sites for hydroxylation is 1. The van der Waals surface area contributed by atoms with Crippen molar-refractivity contribution in [3.05, 3.63) is 65.2 Å². The molecule has 0 aromatic heterocycles. The molecule has 2 atom stereocenters. The van der Waals surface area contributed by atoms with E-state index in [0.717, 1.165) is 28.9 Å². The summed E-state index contributed by atoms with van der Waals surface area (Å²) in [7, 11) is 1.66. The topological polar surface area (TPSA) is 58.6 Å². The number of nitrogens with one attached hydrogen (secondary N) is 1. The van der Waals surface area contributed by atoms with Crippen LogP contribution >= 0.6 is 0 Å². The summed E-state index contributed by atoms with van der Waals surface area (Å²) in [5, 5.41) is 13.1. The van der Waals surface area contributed by atoms with Crippen molar-refractivity contribution in [3.8, 4) is 5.75 Å². The number of hydrogen-bond donors (Lipinski definition) is 2. The maximum Gasteiger partial charge on any atom is 0.220 e. The van der Waals surface area contributed by atoms with Gasteiger partial charge in [-0.1, -0.05) is 49.4 Å². The number of hydrogen-bond acceptors (Lipinski definition) is 3. The van der Waals surface area contributed by atoms with Gasteiger partial charge in [-0.25, -0.2) is 0 Å². The van der Waals surface area contributed by atoms with Gasteiger partial charge in [0.25, 0.3) is 0 Å². The van der Waals surface area contributed by atoms with Gasteiger partial charge in [-0.15, -0.1) is 0 Å². The van der Waals surface area contributed by atoms with Crippen molar-refractivity contribution < 1.29 is 14.6 Å². The third kappa shape index (κ3) is 5.61. The van der Waals surface area contributed by atoms with Crippen LogP contribution in [0.5, 0.6) is 5.75 Å². The molecule has 4 nitrogen and oxygen atoms in total. The normalized spacial score (nSPS) is 13.1. The number of ether oxygens (including phenoxy) is 1. The molecular weight excluding hydrogens is 314 g/mol. The zero-order valence-electron chi connectivity index (χ0n) is 15.2. The Morgan fingerprint density at radius 2 is 1.84 bits per heavy atom. The molecule has 0 spiro atoms. The van der Waals surface area contributed by atoms with Crippen molar-refractivity contribution in [2.45, 2.75) is 32.8 Å². The fourth-order valence-corrected chi connectivity index (χ4v) is 2.99. The maximum absolute atomic E-state index is 12.2. The van der Waals surface area contributed by atoms with Gasteiger partial charge in [0.05, 0.1) is 13.2 Å². The van der Waals surface area contributed by atoms with E-state index in [0.29, 0.717) is 6.42 Å². The van der Waals surface area contributed by atoms with E-state index in [9.17, 15) is 9.90 Å². The summed E-state index contributed by atoms with van der Waals surface area (Å²) in [6.45, 7) is 4.23. The van der Waals surface area contributed by atoms with E-state index < -0.39 is 6.10 Å². The third-order valence-corrected chi connectivity index (χ3v) is 4.33. The molecule has 0 aliphatic heterocycles. The highest BCUT2D eigenvalue weighted by Crippen LogP contribution is 2.22. The molecule has 25 heavy (non-hydrogen) atoms. The average molecular weight is 341 g/mol. The van der Waals surface area contributed by atoms with Crippen LogP contribution in [-0.4, -0.2) is 24.7 Å². The monoisotopic (exact) mass is 341 g/mol. The Morgan fingerprint density at radius 1 is 1.16 bits per heavy atom. The summed E-state index contributed by atoms with van der Waals surface area (Å²) in [6, 6.07) is 15.5. The average Bonchev–Trinajstić information content (AvgIpc) is 2.60. The van der Waals surface area contributed by atoms with Crippen LogP contribution in [0.4, 0.5) is 0 Å². The molecule has 1 amide bonds. The molecule has 2 rings (SSSR count). The summed E-state index contributed by atoms with van der Waals surface area (Å²) in [6.07, 6.45) is 0.505. The van der Waals surface area contributed by atoms with E-state index in [2.05, 4.69) is 5.32 Å². The van der Waals surface area contributed by atoms with Crippen LogP contribution in [0.15, 0.2) is 48.5 Å². The minimum Gasteiger partial charge on any atom is -0.496 e. The van der Waals surface area contributed by atoms with E-state index >= 15 is 0 Å². The van der Waals surface area contributed by atoms with E-state index in [4.69, 9.17) is 4.74 Å². The van der Waals surface area contributed by atoms with Crippen LogP contribution in [-0.2, 0) is 11.2 Å². The molecule has 2 unspecified atom stereocenters. The second-order valence-corrected chi connectivity index (χ2v) is 6.50. The van der Waals surface area contributed by atoms with Crippen molar-refractivity contribution in [2.24, 2.45) is 5.92 Å². The Morgan fingerprint density at radius 3 is 2.56 bits per heavy atom. The lowest BCUT2D eigenvalue weighted by Crippen LogP contribution is -2.30. The Balaban J connectivity index is 1.82. The molecule has 0 saturated carbocycles. The van der Waals surface area contributed by atoms with Crippen LogP contribution in [0.3, 0.4) is 0 Å². The number of aliphatic hydroxyl groups excluding tert-OH is 1. The summed E-state index contributed by atoms with van der Waals surface area (Å²) in [4.78, 5) is 12.2. The zero-order valence-corrected chi connectivity index (χ0v) is 15.2. The van der Waals surface area contributed by atoms with Gasteiger partial charge in [-0.05, 0) is 42.0 Å². The Kier molecular flexibility index (Phi) is 7.02. The second kappa shape index (κ2) is 9.23. The van der Waals surface area contributed by atoms with Crippen molar-refractivity contribution in [1.82, 2.24) is 5.32 Å². The van der Waals surface area contributed by atoms with Gasteiger partial charge in [0.2, 0.25) is 5.91 Å². The zero-order chi connectivity index (χ0) is 18.2. The molecule has 0 radical (unpaired) electrons. The number of benzene rings is 2. The summed E-state index contributed by atoms with van der Waals surface area (Å²) in [5.74, 6) is 0.992. The van der Waals surface area contributed by atoms with Gasteiger partial charge < -0.3 is 15.2 Å². The molecule has 0 aliphatic rings. The minimum atomic E-state index is -0.685. The van der Waals surface area contributed by atoms with E-state index in [1.807, 2.05) is 62.4 Å². The number of rotatable bonds is 8. The lowest BCUT2D eigenvalue weighted by Gasteiger charge is -2.17. The molecule has 0 fully saturated rings. The van der Waals surface area contributed by atoms with Gasteiger partial charge >= 0.3 is 0 Å². The lowest BCUT2D eigenvalue weighted by atomic mass is 9.97. The first-order valence-electron chi connectivity index (χ1n) is 8.63. The second-order valence-electron chi connectivity index (χ2n) is 6.50. The summed E-state index contributed by atoms with van der Waals surface area (Å²) < 4.78 is 5.36. The molecule has 2 aromatic rings. The van der Waals surface area contributed by atoms with Crippen molar-refractivity contribution >= 4 is 5.91 Å². The molecule has 2 aromatic carbocycles. The van der Waals surface area contributed by atoms with Crippen molar-refractivity contribution in [1.29, 1.82) is 0 Å². The highest BCUT2D eigenvalue weighted by molar-refractivity contribution is 5.76. The minimum absolute atomic E-state index is 0.0463. The summed E-state index contributed by atoms with van der Waals surface area (Å²) >= 11 is 0. The first kappa shape index (κ1) is 19.0. The Bertz CT molecular complexity index is 699. The lowest BCUT2D eigenvalue weighted by molar-refractivity contribution is -0.122. The molecule has 0 heterocycles. The highest BCUT2D eigenvalue weighted by Gasteiger charge is 2.15. The predicted octanol–water partition coefficient (Wildman–Crippen LogP) is 3.42. The maximum atomic E-state index is 12.2. The number of amides is 1. The van der Waals surface area contributed by atoms with Crippen LogP contribution in [0.1, 0.15) is 36.1 Å². The summed E-state index contributed by atoms with van der Waals surface area (Å²) in [5.41, 5.74) is 2.98. The van der Waals surface area contributed by atoms with Crippen LogP contribution in [0.2, 0.25) is 0 Å². The SMILES string of the molecule is COc1ccccc1CC(C)CC(=O)NCC(O)c1ccccc1C. The highest BCUT2D eigenvalue weighted by atomic mass is 16.5. The number of carbonyl (C=O) groups is 1. The van der Waals surface area contributed by atoms with Crippen molar-refractivity contribution in [3.63, 3.8) is 0 Å². The predicted molar refractivity (Wildman–Crippen MR) is 99.6 cm³/mol. The molecule has 134 valence electrons. The van der Waals surface area contributed by atoms with E-state index in [-0.39, 0.29) is 18.4 Å². The number of methoxy groups -OCH3 is 1.